The van der Waals surface area contributed by atoms with E-state index in [4.69, 9.17) is 4.42 Å². The summed E-state index contributed by atoms with van der Waals surface area (Å²) in [7, 11) is 0. The lowest BCUT2D eigenvalue weighted by atomic mass is 10.1. The first kappa shape index (κ1) is 20.6. The number of ketones is 1. The van der Waals surface area contributed by atoms with Crippen LogP contribution in [-0.2, 0) is 11.3 Å². The van der Waals surface area contributed by atoms with E-state index in [2.05, 4.69) is 15.5 Å². The van der Waals surface area contributed by atoms with Crippen LogP contribution in [-0.4, -0.2) is 32.2 Å². The number of aromatic nitrogens is 3. The van der Waals surface area contributed by atoms with Crippen molar-refractivity contribution in [1.29, 1.82) is 0 Å². The highest BCUT2D eigenvalue weighted by Gasteiger charge is 2.18. The second-order valence-electron chi connectivity index (χ2n) is 6.83. The Bertz CT molecular complexity index is 1190. The van der Waals surface area contributed by atoms with E-state index >= 15 is 0 Å². The van der Waals surface area contributed by atoms with Crippen LogP contribution in [0.1, 0.15) is 22.8 Å². The number of furan rings is 1. The second kappa shape index (κ2) is 9.44. The molecule has 2 heterocycles. The monoisotopic (exact) mass is 432 g/mol. The summed E-state index contributed by atoms with van der Waals surface area (Å²) in [4.78, 5) is 24.0. The van der Waals surface area contributed by atoms with Gasteiger partial charge in [-0.3, -0.25) is 14.2 Å². The fraction of sp³-hybridized carbons (Fsp3) is 0.130. The molecule has 0 atom stereocenters. The van der Waals surface area contributed by atoms with E-state index in [9.17, 15) is 9.59 Å². The minimum atomic E-state index is -0.195. The zero-order chi connectivity index (χ0) is 21.6. The molecule has 4 rings (SSSR count). The van der Waals surface area contributed by atoms with E-state index < -0.39 is 0 Å². The zero-order valence-electron chi connectivity index (χ0n) is 16.8. The Hall–Kier alpha value is -3.65. The van der Waals surface area contributed by atoms with E-state index in [1.165, 1.54) is 18.7 Å². The summed E-state index contributed by atoms with van der Waals surface area (Å²) in [5.74, 6) is 1.12. The van der Waals surface area contributed by atoms with Gasteiger partial charge in [-0.25, -0.2) is 0 Å². The van der Waals surface area contributed by atoms with Crippen LogP contribution in [0, 0.1) is 0 Å². The van der Waals surface area contributed by atoms with Crippen LogP contribution in [0.2, 0.25) is 0 Å². The van der Waals surface area contributed by atoms with Crippen LogP contribution in [0.25, 0.3) is 11.6 Å². The van der Waals surface area contributed by atoms with Crippen molar-refractivity contribution in [3.8, 4) is 11.6 Å². The van der Waals surface area contributed by atoms with Gasteiger partial charge in [0, 0.05) is 11.3 Å². The maximum absolute atomic E-state index is 12.5. The molecule has 2 aromatic carbocycles. The molecule has 0 unspecified atom stereocenters. The summed E-state index contributed by atoms with van der Waals surface area (Å²) in [5.41, 5.74) is 2.22. The average molecular weight is 433 g/mol. The molecule has 8 heteroatoms. The lowest BCUT2D eigenvalue weighted by molar-refractivity contribution is -0.113. The van der Waals surface area contributed by atoms with Gasteiger partial charge in [0.2, 0.25) is 11.7 Å². The molecule has 0 aliphatic heterocycles. The Morgan fingerprint density at radius 3 is 2.61 bits per heavy atom. The highest BCUT2D eigenvalue weighted by atomic mass is 32.2. The van der Waals surface area contributed by atoms with Crippen molar-refractivity contribution in [3.63, 3.8) is 0 Å². The largest absolute Gasteiger partial charge is 0.461 e. The Kier molecular flexibility index (Phi) is 6.28. The number of nitrogens with zero attached hydrogens (tertiary/aromatic N) is 3. The van der Waals surface area contributed by atoms with E-state index in [0.29, 0.717) is 34.5 Å². The summed E-state index contributed by atoms with van der Waals surface area (Å²) in [5, 5.41) is 12.0. The number of carbonyl (C=O) groups excluding carboxylic acids is 2. The average Bonchev–Trinajstić information content (AvgIpc) is 3.43. The predicted octanol–water partition coefficient (Wildman–Crippen LogP) is 4.52. The Labute approximate surface area is 183 Å². The molecular weight excluding hydrogens is 412 g/mol. The SMILES string of the molecule is CC(=O)c1cccc(NC(=O)CSc2nnc(-c3ccco3)n2Cc2ccccc2)c1. The summed E-state index contributed by atoms with van der Waals surface area (Å²) >= 11 is 1.29. The van der Waals surface area contributed by atoms with Gasteiger partial charge < -0.3 is 9.73 Å². The fourth-order valence-corrected chi connectivity index (χ4v) is 3.77. The van der Waals surface area contributed by atoms with Gasteiger partial charge in [-0.15, -0.1) is 10.2 Å². The van der Waals surface area contributed by atoms with Gasteiger partial charge in [0.25, 0.3) is 0 Å². The number of nitrogens with one attached hydrogen (secondary N) is 1. The minimum Gasteiger partial charge on any atom is -0.461 e. The molecule has 0 aliphatic rings. The van der Waals surface area contributed by atoms with Gasteiger partial charge in [-0.2, -0.15) is 0 Å². The van der Waals surface area contributed by atoms with Crippen LogP contribution in [0.5, 0.6) is 0 Å². The van der Waals surface area contributed by atoms with Crippen molar-refractivity contribution in [2.45, 2.75) is 18.6 Å². The first-order valence-corrected chi connectivity index (χ1v) is 10.6. The molecule has 156 valence electrons. The number of hydrogen-bond donors (Lipinski definition) is 1. The highest BCUT2D eigenvalue weighted by molar-refractivity contribution is 7.99. The molecule has 2 aromatic heterocycles. The van der Waals surface area contributed by atoms with Crippen LogP contribution < -0.4 is 5.32 Å². The van der Waals surface area contributed by atoms with Crippen LogP contribution >= 0.6 is 11.8 Å². The fourth-order valence-electron chi connectivity index (χ4n) is 3.04. The zero-order valence-corrected chi connectivity index (χ0v) is 17.6. The van der Waals surface area contributed by atoms with Crippen LogP contribution in [0.3, 0.4) is 0 Å². The van der Waals surface area contributed by atoms with E-state index in [-0.39, 0.29) is 17.4 Å². The number of anilines is 1. The molecule has 31 heavy (non-hydrogen) atoms. The lowest BCUT2D eigenvalue weighted by Crippen LogP contribution is -2.15. The number of hydrogen-bond acceptors (Lipinski definition) is 6. The standard InChI is InChI=1S/C23H20N4O3S/c1-16(28)18-9-5-10-19(13-18)24-21(29)15-31-23-26-25-22(20-11-6-12-30-20)27(23)14-17-7-3-2-4-8-17/h2-13H,14-15H2,1H3,(H,24,29). The number of thioether (sulfide) groups is 1. The van der Waals surface area contributed by atoms with Crippen LogP contribution in [0.15, 0.2) is 82.6 Å². The number of carbonyl (C=O) groups is 2. The number of amides is 1. The maximum atomic E-state index is 12.5. The van der Waals surface area contributed by atoms with Crippen molar-refractivity contribution in [1.82, 2.24) is 14.8 Å². The molecular formula is C23H20N4O3S. The first-order valence-electron chi connectivity index (χ1n) is 9.65. The minimum absolute atomic E-state index is 0.0510. The number of benzene rings is 2. The third-order valence-corrected chi connectivity index (χ3v) is 5.49. The molecule has 1 amide bonds. The van der Waals surface area contributed by atoms with Gasteiger partial charge >= 0.3 is 0 Å². The Balaban J connectivity index is 1.49. The molecule has 0 saturated heterocycles. The van der Waals surface area contributed by atoms with Gasteiger partial charge in [0.1, 0.15) is 0 Å². The van der Waals surface area contributed by atoms with Crippen molar-refractivity contribution in [2.24, 2.45) is 0 Å². The smallest absolute Gasteiger partial charge is 0.234 e. The van der Waals surface area contributed by atoms with Gasteiger partial charge in [0.05, 0.1) is 18.6 Å². The van der Waals surface area contributed by atoms with Crippen molar-refractivity contribution in [2.75, 3.05) is 11.1 Å². The summed E-state index contributed by atoms with van der Waals surface area (Å²) in [6.45, 7) is 2.04. The Morgan fingerprint density at radius 1 is 1.03 bits per heavy atom. The summed E-state index contributed by atoms with van der Waals surface area (Å²) in [6, 6.07) is 20.5. The Morgan fingerprint density at radius 2 is 1.87 bits per heavy atom. The van der Waals surface area contributed by atoms with E-state index in [1.54, 1.807) is 36.6 Å². The third-order valence-electron chi connectivity index (χ3n) is 4.53. The number of Topliss-reactive ketones (excluding diaryl/α,β-unsaturated/α-hetero) is 1. The molecule has 0 spiro atoms. The van der Waals surface area contributed by atoms with E-state index in [1.807, 2.05) is 41.0 Å². The molecule has 0 saturated carbocycles. The van der Waals surface area contributed by atoms with E-state index in [0.717, 1.165) is 5.56 Å². The van der Waals surface area contributed by atoms with Crippen molar-refractivity contribution in [3.05, 3.63) is 84.1 Å². The predicted molar refractivity (Wildman–Crippen MR) is 119 cm³/mol. The molecule has 0 aliphatic carbocycles. The molecule has 7 nitrogen and oxygen atoms in total. The quantitative estimate of drug-likeness (QED) is 0.325. The lowest BCUT2D eigenvalue weighted by Gasteiger charge is -2.10. The molecule has 0 fully saturated rings. The summed E-state index contributed by atoms with van der Waals surface area (Å²) in [6.07, 6.45) is 1.59. The van der Waals surface area contributed by atoms with Crippen LogP contribution in [0.4, 0.5) is 5.69 Å². The maximum Gasteiger partial charge on any atom is 0.234 e. The first-order chi connectivity index (χ1) is 15.1. The highest BCUT2D eigenvalue weighted by Crippen LogP contribution is 2.25. The molecule has 4 aromatic rings. The van der Waals surface area contributed by atoms with Crippen molar-refractivity contribution >= 4 is 29.1 Å². The van der Waals surface area contributed by atoms with Gasteiger partial charge in [-0.05, 0) is 36.8 Å². The number of rotatable bonds is 8. The summed E-state index contributed by atoms with van der Waals surface area (Å²) < 4.78 is 7.44. The molecule has 0 radical (unpaired) electrons. The normalized spacial score (nSPS) is 10.7. The second-order valence-corrected chi connectivity index (χ2v) is 7.77. The molecule has 1 N–H and O–H groups in total. The van der Waals surface area contributed by atoms with Gasteiger partial charge in [-0.1, -0.05) is 54.2 Å². The van der Waals surface area contributed by atoms with Crippen molar-refractivity contribution < 1.29 is 14.0 Å². The third kappa shape index (κ3) is 5.10. The molecule has 0 bridgehead atoms. The topological polar surface area (TPSA) is 90.0 Å². The van der Waals surface area contributed by atoms with Gasteiger partial charge in [0.15, 0.2) is 16.7 Å².